The van der Waals surface area contributed by atoms with Gasteiger partial charge in [-0.15, -0.1) is 22.7 Å². The van der Waals surface area contributed by atoms with Crippen molar-refractivity contribution in [2.75, 3.05) is 4.90 Å². The van der Waals surface area contributed by atoms with Gasteiger partial charge in [-0.2, -0.15) is 0 Å². The molecular formula is C46H29NS2. The van der Waals surface area contributed by atoms with Gasteiger partial charge in [0.1, 0.15) is 0 Å². The van der Waals surface area contributed by atoms with Crippen LogP contribution in [0.4, 0.5) is 17.1 Å². The second-order valence-electron chi connectivity index (χ2n) is 12.6. The molecule has 0 N–H and O–H groups in total. The number of anilines is 3. The number of nitrogens with zero attached hydrogens (tertiary/aromatic N) is 1. The molecular weight excluding hydrogens is 631 g/mol. The topological polar surface area (TPSA) is 3.24 Å². The summed E-state index contributed by atoms with van der Waals surface area (Å²) in [7, 11) is 0. The number of fused-ring (bicyclic) bond motifs is 7. The van der Waals surface area contributed by atoms with Crippen LogP contribution in [0.2, 0.25) is 0 Å². The molecule has 230 valence electrons. The van der Waals surface area contributed by atoms with Crippen LogP contribution in [-0.4, -0.2) is 0 Å². The SMILES string of the molecule is c1cc(-c2ccc3ccccc3c2)cc(N(c2cccc(-c3ccc4c(c3)sc3ccccc34)c2)c2ccc3c(c2)sc2ccccc23)c1. The molecule has 0 unspecified atom stereocenters. The molecule has 0 aliphatic heterocycles. The number of rotatable bonds is 5. The standard InChI is InChI=1S/C46H29NS2/c1-2-10-31-25-34(20-19-30(31)9-1)32-11-7-13-36(26-32)47(38-22-24-42-40-16-4-6-18-44(40)49-46(42)29-38)37-14-8-12-33(27-37)35-21-23-41-39-15-3-5-17-43(39)48-45(41)28-35/h1-29H. The van der Waals surface area contributed by atoms with Crippen LogP contribution < -0.4 is 4.90 Å². The first kappa shape index (κ1) is 28.3. The third-order valence-corrected chi connectivity index (χ3v) is 11.9. The van der Waals surface area contributed by atoms with Crippen LogP contribution in [0, 0.1) is 0 Å². The van der Waals surface area contributed by atoms with E-state index in [-0.39, 0.29) is 0 Å². The highest BCUT2D eigenvalue weighted by molar-refractivity contribution is 7.26. The summed E-state index contributed by atoms with van der Waals surface area (Å²) in [6.45, 7) is 0. The van der Waals surface area contributed by atoms with Crippen LogP contribution >= 0.6 is 22.7 Å². The average Bonchev–Trinajstić information content (AvgIpc) is 3.72. The second-order valence-corrected chi connectivity index (χ2v) is 14.8. The molecule has 49 heavy (non-hydrogen) atoms. The van der Waals surface area contributed by atoms with Gasteiger partial charge in [-0.1, -0.05) is 115 Å². The van der Waals surface area contributed by atoms with Crippen LogP contribution in [0.5, 0.6) is 0 Å². The molecule has 0 amide bonds. The maximum atomic E-state index is 2.41. The lowest BCUT2D eigenvalue weighted by Gasteiger charge is -2.26. The van der Waals surface area contributed by atoms with Gasteiger partial charge in [0.05, 0.1) is 0 Å². The van der Waals surface area contributed by atoms with Gasteiger partial charge in [-0.3, -0.25) is 0 Å². The molecule has 8 aromatic carbocycles. The smallest absolute Gasteiger partial charge is 0.0476 e. The highest BCUT2D eigenvalue weighted by atomic mass is 32.1. The Labute approximate surface area is 292 Å². The van der Waals surface area contributed by atoms with Crippen LogP contribution in [0.15, 0.2) is 176 Å². The number of benzene rings is 8. The van der Waals surface area contributed by atoms with E-state index in [1.807, 2.05) is 22.7 Å². The monoisotopic (exact) mass is 659 g/mol. The molecule has 2 heterocycles. The molecule has 0 radical (unpaired) electrons. The summed E-state index contributed by atoms with van der Waals surface area (Å²) in [4.78, 5) is 2.41. The fraction of sp³-hybridized carbons (Fsp3) is 0. The highest BCUT2D eigenvalue weighted by Crippen LogP contribution is 2.43. The predicted molar refractivity (Wildman–Crippen MR) is 215 cm³/mol. The molecule has 1 nitrogen and oxygen atoms in total. The van der Waals surface area contributed by atoms with Crippen molar-refractivity contribution in [1.82, 2.24) is 0 Å². The van der Waals surface area contributed by atoms with Gasteiger partial charge in [-0.05, 0) is 93.7 Å². The van der Waals surface area contributed by atoms with Crippen molar-refractivity contribution in [3.05, 3.63) is 176 Å². The Morgan fingerprint density at radius 1 is 0.286 bits per heavy atom. The largest absolute Gasteiger partial charge is 0.310 e. The van der Waals surface area contributed by atoms with E-state index in [0.717, 1.165) is 17.1 Å². The number of thiophene rings is 2. The van der Waals surface area contributed by atoms with Crippen molar-refractivity contribution in [1.29, 1.82) is 0 Å². The molecule has 10 aromatic rings. The molecule has 0 saturated carbocycles. The first-order valence-electron chi connectivity index (χ1n) is 16.6. The van der Waals surface area contributed by atoms with Gasteiger partial charge in [0, 0.05) is 57.4 Å². The molecule has 0 atom stereocenters. The van der Waals surface area contributed by atoms with Crippen molar-refractivity contribution in [3.63, 3.8) is 0 Å². The zero-order valence-corrected chi connectivity index (χ0v) is 28.1. The van der Waals surface area contributed by atoms with Gasteiger partial charge < -0.3 is 4.90 Å². The lowest BCUT2D eigenvalue weighted by molar-refractivity contribution is 1.29. The normalized spacial score (nSPS) is 11.7. The molecule has 0 saturated heterocycles. The Hall–Kier alpha value is -5.74. The van der Waals surface area contributed by atoms with Crippen molar-refractivity contribution in [2.24, 2.45) is 0 Å². The minimum absolute atomic E-state index is 1.13. The maximum absolute atomic E-state index is 2.41. The van der Waals surface area contributed by atoms with Crippen LogP contribution in [0.25, 0.3) is 73.4 Å². The van der Waals surface area contributed by atoms with E-state index in [2.05, 4.69) is 181 Å². The zero-order chi connectivity index (χ0) is 32.3. The molecule has 0 aliphatic rings. The Morgan fingerprint density at radius 2 is 0.776 bits per heavy atom. The number of hydrogen-bond donors (Lipinski definition) is 0. The van der Waals surface area contributed by atoms with Gasteiger partial charge in [0.15, 0.2) is 0 Å². The summed E-state index contributed by atoms with van der Waals surface area (Å²) in [5.74, 6) is 0. The second kappa shape index (κ2) is 11.5. The Bertz CT molecular complexity index is 2860. The lowest BCUT2D eigenvalue weighted by atomic mass is 10.00. The fourth-order valence-electron chi connectivity index (χ4n) is 7.22. The van der Waals surface area contributed by atoms with Crippen molar-refractivity contribution < 1.29 is 0 Å². The average molecular weight is 660 g/mol. The third-order valence-electron chi connectivity index (χ3n) is 9.62. The van der Waals surface area contributed by atoms with Crippen LogP contribution in [-0.2, 0) is 0 Å². The van der Waals surface area contributed by atoms with Crippen molar-refractivity contribution in [3.8, 4) is 22.3 Å². The first-order valence-corrected chi connectivity index (χ1v) is 18.2. The van der Waals surface area contributed by atoms with Crippen molar-refractivity contribution >= 4 is 90.9 Å². The van der Waals surface area contributed by atoms with E-state index in [1.165, 1.54) is 73.4 Å². The molecule has 0 fully saturated rings. The molecule has 0 spiro atoms. The van der Waals surface area contributed by atoms with Crippen LogP contribution in [0.1, 0.15) is 0 Å². The Balaban J connectivity index is 1.13. The minimum Gasteiger partial charge on any atom is -0.310 e. The Kier molecular flexibility index (Phi) is 6.61. The summed E-state index contributed by atoms with van der Waals surface area (Å²) in [6.07, 6.45) is 0. The molecule has 10 rings (SSSR count). The summed E-state index contributed by atoms with van der Waals surface area (Å²) in [6, 6.07) is 64.6. The summed E-state index contributed by atoms with van der Waals surface area (Å²) < 4.78 is 5.26. The molecule has 0 bridgehead atoms. The van der Waals surface area contributed by atoms with E-state index in [1.54, 1.807) is 0 Å². The zero-order valence-electron chi connectivity index (χ0n) is 26.5. The minimum atomic E-state index is 1.13. The highest BCUT2D eigenvalue weighted by Gasteiger charge is 2.17. The van der Waals surface area contributed by atoms with E-state index < -0.39 is 0 Å². The van der Waals surface area contributed by atoms with Gasteiger partial charge in [0.25, 0.3) is 0 Å². The first-order chi connectivity index (χ1) is 24.2. The lowest BCUT2D eigenvalue weighted by Crippen LogP contribution is -2.10. The fourth-order valence-corrected chi connectivity index (χ4v) is 9.51. The quantitative estimate of drug-likeness (QED) is 0.178. The van der Waals surface area contributed by atoms with Crippen LogP contribution in [0.3, 0.4) is 0 Å². The van der Waals surface area contributed by atoms with Gasteiger partial charge in [-0.25, -0.2) is 0 Å². The van der Waals surface area contributed by atoms with E-state index >= 15 is 0 Å². The summed E-state index contributed by atoms with van der Waals surface area (Å²) in [5, 5.41) is 7.78. The molecule has 2 aromatic heterocycles. The van der Waals surface area contributed by atoms with E-state index in [9.17, 15) is 0 Å². The third kappa shape index (κ3) is 4.90. The molecule has 0 aliphatic carbocycles. The van der Waals surface area contributed by atoms with Crippen molar-refractivity contribution in [2.45, 2.75) is 0 Å². The van der Waals surface area contributed by atoms with E-state index in [0.29, 0.717) is 0 Å². The van der Waals surface area contributed by atoms with Gasteiger partial charge in [0.2, 0.25) is 0 Å². The summed E-state index contributed by atoms with van der Waals surface area (Å²) >= 11 is 3.73. The van der Waals surface area contributed by atoms with E-state index in [4.69, 9.17) is 0 Å². The predicted octanol–water partition coefficient (Wildman–Crippen LogP) is 14.4. The maximum Gasteiger partial charge on any atom is 0.0476 e. The Morgan fingerprint density at radius 3 is 1.47 bits per heavy atom. The summed E-state index contributed by atoms with van der Waals surface area (Å²) in [5.41, 5.74) is 8.25. The molecule has 3 heteroatoms. The van der Waals surface area contributed by atoms with Gasteiger partial charge >= 0.3 is 0 Å². The number of hydrogen-bond acceptors (Lipinski definition) is 3.